The molecule has 0 radical (unpaired) electrons. The Bertz CT molecular complexity index is 8.04. The fraction of sp³-hybridized carbons (Fsp3) is 0. The van der Waals surface area contributed by atoms with E-state index in [4.69, 9.17) is 0 Å². The molecule has 0 aromatic rings. The predicted molar refractivity (Wildman–Crippen MR) is 5.75 cm³/mol. The molecule has 0 aliphatic heterocycles. The molecule has 0 amide bonds. The van der Waals surface area contributed by atoms with Gasteiger partial charge in [-0.15, -0.1) is 0 Å². The van der Waals surface area contributed by atoms with Crippen LogP contribution in [0.25, 0.3) is 0 Å². The van der Waals surface area contributed by atoms with Gasteiger partial charge in [0.05, 0.1) is 0 Å². The van der Waals surface area contributed by atoms with Crippen LogP contribution in [-0.4, -0.2) is 45.5 Å². The van der Waals surface area contributed by atoms with Gasteiger partial charge in [-0.2, -0.15) is 0 Å². The zero-order valence-corrected chi connectivity index (χ0v) is 9.49. The molecule has 0 nitrogen and oxygen atoms in total. The normalized spacial score (nSPS) is 0. The number of halogens is 5. The van der Waals surface area contributed by atoms with Crippen molar-refractivity contribution in [3.63, 3.8) is 0 Å². The Kier molecular flexibility index (Phi) is 1550. The van der Waals surface area contributed by atoms with Gasteiger partial charge in [-0.3, -0.25) is 0 Å². The van der Waals surface area contributed by atoms with E-state index in [1.807, 2.05) is 0 Å². The molecule has 0 N–H and O–H groups in total. The molecular formula is F5SrY. The zero-order valence-electron chi connectivity index (χ0n) is 3.17. The van der Waals surface area contributed by atoms with Gasteiger partial charge >= 0.3 is 78.2 Å². The minimum Gasteiger partial charge on any atom is -1.00 e. The molecular weight excluding hydrogens is 272 g/mol. The van der Waals surface area contributed by atoms with Crippen LogP contribution < -0.4 is 23.5 Å². The number of hydrogen-bond acceptors (Lipinski definition) is 0. The minimum absolute atomic E-state index is 0. The number of rotatable bonds is 0. The molecule has 0 rings (SSSR count). The summed E-state index contributed by atoms with van der Waals surface area (Å²) in [6, 6.07) is 0. The molecule has 0 fully saturated rings. The van der Waals surface area contributed by atoms with Gasteiger partial charge in [0.25, 0.3) is 0 Å². The standard InChI is InChI=1S/5FH.Sr.Y/h5*1H;;/q;;;;;+2;+3/p-5. The average molecular weight is 272 g/mol. The maximum Gasteiger partial charge on any atom is 3.00 e. The Morgan fingerprint density at radius 2 is 0.429 bits per heavy atom. The van der Waals surface area contributed by atoms with Crippen LogP contribution in [0.5, 0.6) is 0 Å². The molecule has 7 heteroatoms. The van der Waals surface area contributed by atoms with E-state index in [-0.39, 0.29) is 102 Å². The van der Waals surface area contributed by atoms with Crippen LogP contribution in [0.4, 0.5) is 0 Å². The van der Waals surface area contributed by atoms with E-state index in [0.29, 0.717) is 0 Å². The zero-order chi connectivity index (χ0) is 0. The number of hydrogen-bond donors (Lipinski definition) is 0. The van der Waals surface area contributed by atoms with E-state index < -0.39 is 0 Å². The van der Waals surface area contributed by atoms with E-state index in [0.717, 1.165) is 0 Å². The maximum absolute atomic E-state index is 0. The van der Waals surface area contributed by atoms with E-state index in [1.54, 1.807) is 0 Å². The van der Waals surface area contributed by atoms with Crippen molar-refractivity contribution in [2.45, 2.75) is 0 Å². The predicted octanol–water partition coefficient (Wildman–Crippen LogP) is -15.4. The van der Waals surface area contributed by atoms with Crippen molar-refractivity contribution in [2.24, 2.45) is 0 Å². The summed E-state index contributed by atoms with van der Waals surface area (Å²) in [4.78, 5) is 0. The summed E-state index contributed by atoms with van der Waals surface area (Å²) >= 11 is 0. The Labute approximate surface area is 99.8 Å². The van der Waals surface area contributed by atoms with Gasteiger partial charge in [-0.05, 0) is 0 Å². The van der Waals surface area contributed by atoms with Crippen molar-refractivity contribution in [3.05, 3.63) is 0 Å². The molecule has 0 atom stereocenters. The average Bonchev–Trinajstić information content (AvgIpc) is 0. The molecule has 0 spiro atoms. The van der Waals surface area contributed by atoms with E-state index in [2.05, 4.69) is 0 Å². The Morgan fingerprint density at radius 3 is 0.429 bits per heavy atom. The van der Waals surface area contributed by atoms with E-state index in [9.17, 15) is 0 Å². The van der Waals surface area contributed by atoms with Crippen molar-refractivity contribution >= 4 is 45.5 Å². The van der Waals surface area contributed by atoms with Gasteiger partial charge in [0, 0.05) is 0 Å². The molecule has 0 aromatic carbocycles. The molecule has 0 unspecified atom stereocenters. The first kappa shape index (κ1) is 125. The van der Waals surface area contributed by atoms with Gasteiger partial charge in [0.1, 0.15) is 0 Å². The summed E-state index contributed by atoms with van der Waals surface area (Å²) in [5.74, 6) is 0. The second kappa shape index (κ2) is 86.3. The summed E-state index contributed by atoms with van der Waals surface area (Å²) in [6.45, 7) is 0. The monoisotopic (exact) mass is 272 g/mol. The molecule has 0 saturated carbocycles. The molecule has 0 bridgehead atoms. The van der Waals surface area contributed by atoms with Crippen LogP contribution >= 0.6 is 0 Å². The second-order valence-electron chi connectivity index (χ2n) is 0. The van der Waals surface area contributed by atoms with Crippen LogP contribution in [-0.2, 0) is 32.7 Å². The van der Waals surface area contributed by atoms with Crippen molar-refractivity contribution in [3.8, 4) is 0 Å². The summed E-state index contributed by atoms with van der Waals surface area (Å²) in [6.07, 6.45) is 0. The Balaban J connectivity index is 0. The summed E-state index contributed by atoms with van der Waals surface area (Å²) in [5.41, 5.74) is 0. The smallest absolute Gasteiger partial charge is 1.00 e. The van der Waals surface area contributed by atoms with Crippen molar-refractivity contribution in [2.75, 3.05) is 0 Å². The van der Waals surface area contributed by atoms with Gasteiger partial charge in [0.15, 0.2) is 0 Å². The molecule has 7 heavy (non-hydrogen) atoms. The second-order valence-corrected chi connectivity index (χ2v) is 0. The third-order valence-electron chi connectivity index (χ3n) is 0. The van der Waals surface area contributed by atoms with Gasteiger partial charge < -0.3 is 23.5 Å². The van der Waals surface area contributed by atoms with Crippen LogP contribution in [0, 0.1) is 0 Å². The third kappa shape index (κ3) is 64.1. The first-order chi connectivity index (χ1) is 0. The van der Waals surface area contributed by atoms with Crippen molar-refractivity contribution in [1.82, 2.24) is 0 Å². The fourth-order valence-electron chi connectivity index (χ4n) is 0. The van der Waals surface area contributed by atoms with Crippen LogP contribution in [0.15, 0.2) is 0 Å². The molecule has 0 aliphatic rings. The van der Waals surface area contributed by atoms with Gasteiger partial charge in [-0.1, -0.05) is 0 Å². The van der Waals surface area contributed by atoms with Crippen molar-refractivity contribution in [1.29, 1.82) is 0 Å². The molecule has 0 heterocycles. The van der Waals surface area contributed by atoms with Crippen LogP contribution in [0.3, 0.4) is 0 Å². The SMILES string of the molecule is [F-].[F-].[F-].[F-].[F-].[Sr+2].[Y+3]. The van der Waals surface area contributed by atoms with Crippen LogP contribution in [0.1, 0.15) is 0 Å². The van der Waals surface area contributed by atoms with Crippen molar-refractivity contribution < 1.29 is 56.2 Å². The summed E-state index contributed by atoms with van der Waals surface area (Å²) in [7, 11) is 0. The largest absolute Gasteiger partial charge is 3.00 e. The quantitative estimate of drug-likeness (QED) is 0.303. The Morgan fingerprint density at radius 1 is 0.429 bits per heavy atom. The minimum atomic E-state index is 0. The van der Waals surface area contributed by atoms with Gasteiger partial charge in [-0.25, -0.2) is 0 Å². The molecule has 0 aliphatic carbocycles. The first-order valence-corrected chi connectivity index (χ1v) is 0. The summed E-state index contributed by atoms with van der Waals surface area (Å²) in [5, 5.41) is 0. The van der Waals surface area contributed by atoms with E-state index >= 15 is 0 Å². The Hall–Kier alpha value is 2.23. The fourth-order valence-corrected chi connectivity index (χ4v) is 0. The third-order valence-corrected chi connectivity index (χ3v) is 0. The first-order valence-electron chi connectivity index (χ1n) is 0. The maximum atomic E-state index is 0. The summed E-state index contributed by atoms with van der Waals surface area (Å²) < 4.78 is 0. The molecule has 40 valence electrons. The molecule has 0 saturated heterocycles. The van der Waals surface area contributed by atoms with Gasteiger partial charge in [0.2, 0.25) is 0 Å². The van der Waals surface area contributed by atoms with E-state index in [1.165, 1.54) is 0 Å². The topological polar surface area (TPSA) is 0 Å². The van der Waals surface area contributed by atoms with Crippen LogP contribution in [0.2, 0.25) is 0 Å². The molecule has 0 aromatic heterocycles.